The largest absolute Gasteiger partial charge is 0.352 e. The second kappa shape index (κ2) is 7.65. The number of anilines is 1. The van der Waals surface area contributed by atoms with Crippen LogP contribution in [0.2, 0.25) is 0 Å². The van der Waals surface area contributed by atoms with Gasteiger partial charge in [-0.25, -0.2) is 19.6 Å². The summed E-state index contributed by atoms with van der Waals surface area (Å²) in [6.45, 7) is 3.63. The lowest BCUT2D eigenvalue weighted by molar-refractivity contribution is 0.513. The Morgan fingerprint density at radius 2 is 1.89 bits per heavy atom. The van der Waals surface area contributed by atoms with Crippen LogP contribution in [0.25, 0.3) is 49.8 Å². The number of rotatable bonds is 4. The standard InChI is InChI=1S/C24H20N10S/c1-13-2-3-18(35-13)16-5-7-28-23-21(16)30-24(31-23)22-15-4-6-26-8-17(15)34(32-22)20-10-27-9-19(29-20)33-11-14(25)12-33/h2-10,14H,11-12,25H2,1H3,(H,28,30,31). The van der Waals surface area contributed by atoms with E-state index < -0.39 is 0 Å². The maximum absolute atomic E-state index is 5.95. The van der Waals surface area contributed by atoms with Crippen LogP contribution in [0.1, 0.15) is 4.88 Å². The number of nitrogens with one attached hydrogen (secondary N) is 1. The number of imidazole rings is 1. The van der Waals surface area contributed by atoms with Crippen LogP contribution in [-0.2, 0) is 0 Å². The lowest BCUT2D eigenvalue weighted by atomic mass is 10.1. The molecule has 0 aliphatic carbocycles. The Labute approximate surface area is 203 Å². The molecule has 10 nitrogen and oxygen atoms in total. The summed E-state index contributed by atoms with van der Waals surface area (Å²) in [5, 5.41) is 5.81. The van der Waals surface area contributed by atoms with Gasteiger partial charge in [-0.1, -0.05) is 0 Å². The van der Waals surface area contributed by atoms with Crippen molar-refractivity contribution in [3.8, 4) is 27.8 Å². The third kappa shape index (κ3) is 3.27. The molecule has 172 valence electrons. The van der Waals surface area contributed by atoms with E-state index in [9.17, 15) is 0 Å². The summed E-state index contributed by atoms with van der Waals surface area (Å²) in [5.41, 5.74) is 10.0. The molecule has 0 unspecified atom stereocenters. The normalized spacial score (nSPS) is 14.2. The molecule has 6 aromatic rings. The third-order valence-electron chi connectivity index (χ3n) is 6.16. The topological polar surface area (TPSA) is 127 Å². The van der Waals surface area contributed by atoms with Crippen molar-refractivity contribution in [1.82, 2.24) is 39.7 Å². The fourth-order valence-electron chi connectivity index (χ4n) is 4.41. The number of pyridine rings is 2. The first-order valence-electron chi connectivity index (χ1n) is 11.2. The molecule has 11 heteroatoms. The zero-order valence-electron chi connectivity index (χ0n) is 18.8. The Morgan fingerprint density at radius 1 is 1.00 bits per heavy atom. The second-order valence-electron chi connectivity index (χ2n) is 8.61. The number of aromatic nitrogens is 8. The molecule has 35 heavy (non-hydrogen) atoms. The highest BCUT2D eigenvalue weighted by Crippen LogP contribution is 2.34. The van der Waals surface area contributed by atoms with Crippen LogP contribution >= 0.6 is 11.3 Å². The summed E-state index contributed by atoms with van der Waals surface area (Å²) in [6, 6.07) is 8.35. The molecule has 1 aliphatic heterocycles. The highest BCUT2D eigenvalue weighted by molar-refractivity contribution is 7.15. The van der Waals surface area contributed by atoms with Crippen LogP contribution < -0.4 is 10.6 Å². The summed E-state index contributed by atoms with van der Waals surface area (Å²) in [4.78, 5) is 30.9. The summed E-state index contributed by atoms with van der Waals surface area (Å²) in [6.07, 6.45) is 8.78. The van der Waals surface area contributed by atoms with Crippen molar-refractivity contribution in [2.24, 2.45) is 5.73 Å². The van der Waals surface area contributed by atoms with Crippen LogP contribution in [0.3, 0.4) is 0 Å². The molecule has 3 N–H and O–H groups in total. The molecular formula is C24H20N10S. The van der Waals surface area contributed by atoms with E-state index in [1.165, 1.54) is 4.88 Å². The van der Waals surface area contributed by atoms with E-state index in [4.69, 9.17) is 20.8 Å². The molecule has 1 saturated heterocycles. The smallest absolute Gasteiger partial charge is 0.174 e. The molecule has 7 rings (SSSR count). The number of thiophene rings is 1. The Bertz CT molecular complexity index is 1710. The first-order chi connectivity index (χ1) is 17.1. The van der Waals surface area contributed by atoms with Gasteiger partial charge in [0.05, 0.1) is 24.1 Å². The van der Waals surface area contributed by atoms with E-state index >= 15 is 0 Å². The van der Waals surface area contributed by atoms with Crippen molar-refractivity contribution in [1.29, 1.82) is 0 Å². The Morgan fingerprint density at radius 3 is 2.71 bits per heavy atom. The van der Waals surface area contributed by atoms with E-state index in [2.05, 4.69) is 43.9 Å². The number of hydrogen-bond acceptors (Lipinski definition) is 9. The Hall–Kier alpha value is -4.22. The first-order valence-corrected chi connectivity index (χ1v) is 12.0. The predicted molar refractivity (Wildman–Crippen MR) is 136 cm³/mol. The van der Waals surface area contributed by atoms with E-state index in [1.807, 2.05) is 12.1 Å². The molecule has 0 aromatic carbocycles. The highest BCUT2D eigenvalue weighted by Gasteiger charge is 2.25. The molecule has 7 heterocycles. The zero-order chi connectivity index (χ0) is 23.5. The van der Waals surface area contributed by atoms with Crippen molar-refractivity contribution in [2.45, 2.75) is 13.0 Å². The lowest BCUT2D eigenvalue weighted by Gasteiger charge is -2.37. The fourth-order valence-corrected chi connectivity index (χ4v) is 5.31. The summed E-state index contributed by atoms with van der Waals surface area (Å²) in [5.74, 6) is 2.03. The fraction of sp³-hybridized carbons (Fsp3) is 0.167. The third-order valence-corrected chi connectivity index (χ3v) is 7.19. The van der Waals surface area contributed by atoms with Gasteiger partial charge in [-0.2, -0.15) is 5.10 Å². The van der Waals surface area contributed by atoms with Crippen LogP contribution in [0.15, 0.2) is 55.2 Å². The zero-order valence-corrected chi connectivity index (χ0v) is 19.6. The molecular weight excluding hydrogens is 460 g/mol. The number of nitrogens with two attached hydrogens (primary N) is 1. The van der Waals surface area contributed by atoms with E-state index in [0.717, 1.165) is 51.4 Å². The van der Waals surface area contributed by atoms with Gasteiger partial charge in [0.25, 0.3) is 0 Å². The van der Waals surface area contributed by atoms with Gasteiger partial charge in [0, 0.05) is 52.2 Å². The average Bonchev–Trinajstić information content (AvgIpc) is 3.58. The van der Waals surface area contributed by atoms with E-state index in [0.29, 0.717) is 17.3 Å². The highest BCUT2D eigenvalue weighted by atomic mass is 32.1. The second-order valence-corrected chi connectivity index (χ2v) is 9.89. The number of hydrogen-bond donors (Lipinski definition) is 2. The van der Waals surface area contributed by atoms with Crippen LogP contribution in [0, 0.1) is 6.92 Å². The molecule has 0 saturated carbocycles. The maximum Gasteiger partial charge on any atom is 0.174 e. The summed E-state index contributed by atoms with van der Waals surface area (Å²) >= 11 is 1.74. The summed E-state index contributed by atoms with van der Waals surface area (Å²) < 4.78 is 1.76. The van der Waals surface area contributed by atoms with Gasteiger partial charge in [0.15, 0.2) is 17.3 Å². The molecule has 0 spiro atoms. The van der Waals surface area contributed by atoms with Gasteiger partial charge in [0.2, 0.25) is 0 Å². The monoisotopic (exact) mass is 480 g/mol. The minimum absolute atomic E-state index is 0.173. The molecule has 6 aromatic heterocycles. The van der Waals surface area contributed by atoms with Crippen molar-refractivity contribution >= 4 is 39.2 Å². The Balaban J connectivity index is 1.37. The van der Waals surface area contributed by atoms with Gasteiger partial charge in [-0.15, -0.1) is 11.3 Å². The van der Waals surface area contributed by atoms with Crippen molar-refractivity contribution < 1.29 is 0 Å². The van der Waals surface area contributed by atoms with E-state index in [1.54, 1.807) is 47.0 Å². The number of H-pyrrole nitrogens is 1. The van der Waals surface area contributed by atoms with Crippen LogP contribution in [0.5, 0.6) is 0 Å². The van der Waals surface area contributed by atoms with Crippen molar-refractivity contribution in [2.75, 3.05) is 18.0 Å². The minimum Gasteiger partial charge on any atom is -0.352 e. The van der Waals surface area contributed by atoms with Gasteiger partial charge in [0.1, 0.15) is 17.0 Å². The Kier molecular flexibility index (Phi) is 4.41. The van der Waals surface area contributed by atoms with E-state index in [-0.39, 0.29) is 6.04 Å². The van der Waals surface area contributed by atoms with Gasteiger partial charge in [-0.05, 0) is 31.2 Å². The average molecular weight is 481 g/mol. The summed E-state index contributed by atoms with van der Waals surface area (Å²) in [7, 11) is 0. The molecule has 0 atom stereocenters. The number of aromatic amines is 1. The maximum atomic E-state index is 5.95. The van der Waals surface area contributed by atoms with Gasteiger partial charge >= 0.3 is 0 Å². The first kappa shape index (κ1) is 20.2. The number of fused-ring (bicyclic) bond motifs is 2. The molecule has 0 amide bonds. The van der Waals surface area contributed by atoms with Gasteiger partial charge < -0.3 is 15.6 Å². The lowest BCUT2D eigenvalue weighted by Crippen LogP contribution is -2.56. The quantitative estimate of drug-likeness (QED) is 0.393. The molecule has 1 fully saturated rings. The van der Waals surface area contributed by atoms with Gasteiger partial charge in [-0.3, -0.25) is 9.97 Å². The predicted octanol–water partition coefficient (Wildman–Crippen LogP) is 3.33. The van der Waals surface area contributed by atoms with Crippen LogP contribution in [-0.4, -0.2) is 58.8 Å². The molecule has 1 aliphatic rings. The number of aryl methyl sites for hydroxylation is 1. The van der Waals surface area contributed by atoms with Crippen molar-refractivity contribution in [3.63, 3.8) is 0 Å². The molecule has 0 bridgehead atoms. The molecule has 0 radical (unpaired) electrons. The van der Waals surface area contributed by atoms with Crippen LogP contribution in [0.4, 0.5) is 5.82 Å². The van der Waals surface area contributed by atoms with Crippen molar-refractivity contribution in [3.05, 3.63) is 60.1 Å². The minimum atomic E-state index is 0.173. The number of nitrogens with zero attached hydrogens (tertiary/aromatic N) is 8. The SMILES string of the molecule is Cc1ccc(-c2ccnc3[nH]c(-c4nn(-c5cncc(N6CC(N)C6)n5)c5cnccc45)nc23)s1.